The van der Waals surface area contributed by atoms with Crippen LogP contribution in [0.1, 0.15) is 26.7 Å². The van der Waals surface area contributed by atoms with Gasteiger partial charge < -0.3 is 15.3 Å². The number of nitrogens with one attached hydrogen (secondary N) is 1. The Bertz CT molecular complexity index is 388. The van der Waals surface area contributed by atoms with Gasteiger partial charge in [-0.1, -0.05) is 32.0 Å². The number of hydrogen-bond acceptors (Lipinski definition) is 3. The van der Waals surface area contributed by atoms with Gasteiger partial charge in [0.2, 0.25) is 5.91 Å². The van der Waals surface area contributed by atoms with Crippen molar-refractivity contribution in [2.45, 2.75) is 32.3 Å². The first kappa shape index (κ1) is 15.5. The van der Waals surface area contributed by atoms with E-state index in [1.54, 1.807) is 0 Å². The predicted molar refractivity (Wildman–Crippen MR) is 78.3 cm³/mol. The maximum atomic E-state index is 11.8. The fourth-order valence-corrected chi connectivity index (χ4v) is 1.81. The highest BCUT2D eigenvalue weighted by molar-refractivity contribution is 5.81. The van der Waals surface area contributed by atoms with Crippen molar-refractivity contribution in [3.63, 3.8) is 0 Å². The van der Waals surface area contributed by atoms with Gasteiger partial charge in [0.25, 0.3) is 0 Å². The van der Waals surface area contributed by atoms with Gasteiger partial charge in [0.05, 0.1) is 12.1 Å². The van der Waals surface area contributed by atoms with Crippen molar-refractivity contribution in [1.82, 2.24) is 5.32 Å². The van der Waals surface area contributed by atoms with Gasteiger partial charge in [0, 0.05) is 19.3 Å². The van der Waals surface area contributed by atoms with E-state index in [9.17, 15) is 9.90 Å². The number of aliphatic hydroxyl groups is 1. The number of para-hydroxylation sites is 1. The molecule has 19 heavy (non-hydrogen) atoms. The Morgan fingerprint density at radius 2 is 1.84 bits per heavy atom. The van der Waals surface area contributed by atoms with Gasteiger partial charge >= 0.3 is 0 Å². The van der Waals surface area contributed by atoms with Gasteiger partial charge in [-0.3, -0.25) is 4.79 Å². The summed E-state index contributed by atoms with van der Waals surface area (Å²) in [4.78, 5) is 13.7. The Morgan fingerprint density at radius 1 is 1.26 bits per heavy atom. The van der Waals surface area contributed by atoms with Gasteiger partial charge in [0.1, 0.15) is 0 Å². The van der Waals surface area contributed by atoms with Gasteiger partial charge in [0.15, 0.2) is 0 Å². The van der Waals surface area contributed by atoms with E-state index in [1.165, 1.54) is 0 Å². The molecule has 1 aromatic carbocycles. The van der Waals surface area contributed by atoms with Crippen LogP contribution in [0.15, 0.2) is 30.3 Å². The fraction of sp³-hybridized carbons (Fsp3) is 0.533. The van der Waals surface area contributed by atoms with Gasteiger partial charge in [-0.15, -0.1) is 0 Å². The van der Waals surface area contributed by atoms with E-state index in [2.05, 4.69) is 5.32 Å². The summed E-state index contributed by atoms with van der Waals surface area (Å²) >= 11 is 0. The molecule has 0 radical (unpaired) electrons. The van der Waals surface area contributed by atoms with Gasteiger partial charge in [-0.25, -0.2) is 0 Å². The van der Waals surface area contributed by atoms with Crippen molar-refractivity contribution in [2.24, 2.45) is 0 Å². The van der Waals surface area contributed by atoms with Crippen LogP contribution in [0, 0.1) is 0 Å². The number of likely N-dealkylation sites (N-methyl/N-ethyl adjacent to an activating group) is 1. The first-order valence-corrected chi connectivity index (χ1v) is 6.76. The van der Waals surface area contributed by atoms with Crippen LogP contribution in [-0.2, 0) is 4.79 Å². The van der Waals surface area contributed by atoms with Gasteiger partial charge in [-0.2, -0.15) is 0 Å². The molecule has 1 aromatic rings. The molecule has 4 heteroatoms. The molecule has 0 aliphatic rings. The summed E-state index contributed by atoms with van der Waals surface area (Å²) in [6.07, 6.45) is 1.27. The van der Waals surface area contributed by atoms with Crippen LogP contribution in [0.4, 0.5) is 5.69 Å². The summed E-state index contributed by atoms with van der Waals surface area (Å²) in [6, 6.07) is 9.75. The fourth-order valence-electron chi connectivity index (χ4n) is 1.81. The van der Waals surface area contributed by atoms with E-state index in [1.807, 2.05) is 56.1 Å². The number of carbonyl (C=O) groups is 1. The number of amides is 1. The van der Waals surface area contributed by atoms with Crippen molar-refractivity contribution in [2.75, 3.05) is 25.0 Å². The van der Waals surface area contributed by atoms with Crippen molar-refractivity contribution >= 4 is 11.6 Å². The lowest BCUT2D eigenvalue weighted by Crippen LogP contribution is -2.45. The molecule has 0 unspecified atom stereocenters. The van der Waals surface area contributed by atoms with E-state index in [4.69, 9.17) is 0 Å². The lowest BCUT2D eigenvalue weighted by atomic mass is 9.98. The second-order valence-corrected chi connectivity index (χ2v) is 4.90. The SMILES string of the molecule is CCC(O)(CC)CNC(=O)CN(C)c1ccccc1. The van der Waals surface area contributed by atoms with Crippen LogP contribution in [0.5, 0.6) is 0 Å². The molecule has 0 aromatic heterocycles. The molecule has 1 rings (SSSR count). The highest BCUT2D eigenvalue weighted by atomic mass is 16.3. The molecule has 0 bridgehead atoms. The second kappa shape index (κ2) is 7.14. The number of rotatable bonds is 7. The van der Waals surface area contributed by atoms with Crippen LogP contribution in [0.2, 0.25) is 0 Å². The van der Waals surface area contributed by atoms with Gasteiger partial charge in [-0.05, 0) is 25.0 Å². The average molecular weight is 264 g/mol. The summed E-state index contributed by atoms with van der Waals surface area (Å²) in [5.74, 6) is -0.0771. The van der Waals surface area contributed by atoms with Crippen molar-refractivity contribution in [3.8, 4) is 0 Å². The number of carbonyl (C=O) groups excluding carboxylic acids is 1. The van der Waals surface area contributed by atoms with Crippen LogP contribution in [0.3, 0.4) is 0 Å². The number of hydrogen-bond donors (Lipinski definition) is 2. The molecule has 0 atom stereocenters. The molecule has 0 aliphatic carbocycles. The lowest BCUT2D eigenvalue weighted by Gasteiger charge is -2.26. The van der Waals surface area contributed by atoms with Crippen LogP contribution < -0.4 is 10.2 Å². The first-order valence-electron chi connectivity index (χ1n) is 6.76. The van der Waals surface area contributed by atoms with Crippen LogP contribution in [-0.4, -0.2) is 36.8 Å². The Balaban J connectivity index is 2.44. The molecule has 0 saturated heterocycles. The maximum Gasteiger partial charge on any atom is 0.239 e. The Hall–Kier alpha value is -1.55. The summed E-state index contributed by atoms with van der Waals surface area (Å²) in [7, 11) is 1.88. The first-order chi connectivity index (χ1) is 9.00. The largest absolute Gasteiger partial charge is 0.388 e. The van der Waals surface area contributed by atoms with E-state index in [0.717, 1.165) is 5.69 Å². The molecular weight excluding hydrogens is 240 g/mol. The van der Waals surface area contributed by atoms with Crippen molar-refractivity contribution in [3.05, 3.63) is 30.3 Å². The molecule has 4 nitrogen and oxygen atoms in total. The van der Waals surface area contributed by atoms with Crippen molar-refractivity contribution in [1.29, 1.82) is 0 Å². The zero-order chi connectivity index (χ0) is 14.3. The molecule has 0 fully saturated rings. The Kier molecular flexibility index (Phi) is 5.83. The predicted octanol–water partition coefficient (Wildman–Crippen LogP) is 1.79. The summed E-state index contributed by atoms with van der Waals surface area (Å²) in [6.45, 7) is 4.44. The third kappa shape index (κ3) is 4.91. The summed E-state index contributed by atoms with van der Waals surface area (Å²) in [5, 5.41) is 12.9. The molecule has 0 spiro atoms. The molecule has 0 heterocycles. The summed E-state index contributed by atoms with van der Waals surface area (Å²) < 4.78 is 0. The minimum atomic E-state index is -0.791. The minimum Gasteiger partial charge on any atom is -0.388 e. The standard InChI is InChI=1S/C15H24N2O2/c1-4-15(19,5-2)12-16-14(18)11-17(3)13-9-7-6-8-10-13/h6-10,19H,4-5,11-12H2,1-3H3,(H,16,18). The number of nitrogens with zero attached hydrogens (tertiary/aromatic N) is 1. The molecular formula is C15H24N2O2. The van der Waals surface area contributed by atoms with Crippen molar-refractivity contribution < 1.29 is 9.90 Å². The quantitative estimate of drug-likeness (QED) is 0.789. The Labute approximate surface area is 115 Å². The molecule has 106 valence electrons. The summed E-state index contributed by atoms with van der Waals surface area (Å²) in [5.41, 5.74) is 0.208. The second-order valence-electron chi connectivity index (χ2n) is 4.90. The van der Waals surface area contributed by atoms with Crippen LogP contribution >= 0.6 is 0 Å². The van der Waals surface area contributed by atoms with E-state index < -0.39 is 5.60 Å². The number of benzene rings is 1. The topological polar surface area (TPSA) is 52.6 Å². The maximum absolute atomic E-state index is 11.8. The normalized spacial score (nSPS) is 11.2. The third-order valence-electron chi connectivity index (χ3n) is 3.51. The van der Waals surface area contributed by atoms with Crippen LogP contribution in [0.25, 0.3) is 0 Å². The highest BCUT2D eigenvalue weighted by Crippen LogP contribution is 2.13. The van der Waals surface area contributed by atoms with E-state index in [-0.39, 0.29) is 12.5 Å². The number of anilines is 1. The molecule has 0 saturated carbocycles. The smallest absolute Gasteiger partial charge is 0.239 e. The Morgan fingerprint density at radius 3 is 2.37 bits per heavy atom. The zero-order valence-corrected chi connectivity index (χ0v) is 12.0. The monoisotopic (exact) mass is 264 g/mol. The lowest BCUT2D eigenvalue weighted by molar-refractivity contribution is -0.121. The van der Waals surface area contributed by atoms with E-state index in [0.29, 0.717) is 19.4 Å². The highest BCUT2D eigenvalue weighted by Gasteiger charge is 2.22. The molecule has 2 N–H and O–H groups in total. The third-order valence-corrected chi connectivity index (χ3v) is 3.51. The minimum absolute atomic E-state index is 0.0771. The molecule has 1 amide bonds. The molecule has 0 aliphatic heterocycles. The van der Waals surface area contributed by atoms with E-state index >= 15 is 0 Å². The zero-order valence-electron chi connectivity index (χ0n) is 12.0. The average Bonchev–Trinajstić information content (AvgIpc) is 2.45.